The van der Waals surface area contributed by atoms with Gasteiger partial charge < -0.3 is 4.98 Å². The number of H-pyrrole nitrogens is 1. The Morgan fingerprint density at radius 2 is 1.72 bits per heavy atom. The maximum atomic E-state index is 13.1. The number of nitrogens with one attached hydrogen (secondary N) is 2. The van der Waals surface area contributed by atoms with E-state index >= 15 is 0 Å². The van der Waals surface area contributed by atoms with Gasteiger partial charge in [-0.3, -0.25) is 4.79 Å². The van der Waals surface area contributed by atoms with E-state index in [1.165, 1.54) is 0 Å². The van der Waals surface area contributed by atoms with Gasteiger partial charge in [0.1, 0.15) is 0 Å². The van der Waals surface area contributed by atoms with Crippen LogP contribution in [-0.4, -0.2) is 22.1 Å². The Labute approximate surface area is 189 Å². The first-order chi connectivity index (χ1) is 15.6. The zero-order chi connectivity index (χ0) is 22.1. The van der Waals surface area contributed by atoms with Crippen LogP contribution in [0.4, 0.5) is 0 Å². The molecule has 2 aromatic heterocycles. The molecule has 0 saturated carbocycles. The van der Waals surface area contributed by atoms with Crippen LogP contribution in [0.5, 0.6) is 0 Å². The van der Waals surface area contributed by atoms with E-state index in [1.807, 2.05) is 67.6 Å². The molecule has 0 aliphatic rings. The number of halogens is 1. The third-order valence-corrected chi connectivity index (χ3v) is 5.66. The summed E-state index contributed by atoms with van der Waals surface area (Å²) in [5, 5.41) is 6.71. The predicted molar refractivity (Wildman–Crippen MR) is 130 cm³/mol. The average Bonchev–Trinajstić information content (AvgIpc) is 3.14. The number of carbonyl (C=O) groups is 1. The highest BCUT2D eigenvalue weighted by molar-refractivity contribution is 6.30. The molecular weight excluding hydrogens is 420 g/mol. The molecule has 0 aliphatic carbocycles. The van der Waals surface area contributed by atoms with Crippen molar-refractivity contribution >= 4 is 45.5 Å². The molecule has 5 rings (SSSR count). The van der Waals surface area contributed by atoms with Crippen LogP contribution in [0.2, 0.25) is 5.02 Å². The van der Waals surface area contributed by atoms with E-state index in [-0.39, 0.29) is 5.91 Å². The van der Waals surface area contributed by atoms with Gasteiger partial charge in [-0.05, 0) is 37.3 Å². The largest absolute Gasteiger partial charge is 0.358 e. The lowest BCUT2D eigenvalue weighted by molar-refractivity contribution is 0.0956. The van der Waals surface area contributed by atoms with Crippen LogP contribution in [-0.2, 0) is 0 Å². The van der Waals surface area contributed by atoms with Gasteiger partial charge in [-0.15, -0.1) is 0 Å². The van der Waals surface area contributed by atoms with Gasteiger partial charge in [0, 0.05) is 38.1 Å². The number of fused-ring (bicyclic) bond motifs is 2. The van der Waals surface area contributed by atoms with Gasteiger partial charge in [0.25, 0.3) is 5.91 Å². The van der Waals surface area contributed by atoms with E-state index in [0.29, 0.717) is 16.3 Å². The fourth-order valence-electron chi connectivity index (χ4n) is 3.81. The van der Waals surface area contributed by atoms with Crippen LogP contribution in [0, 0.1) is 6.92 Å². The number of hydrogen-bond acceptors (Lipinski definition) is 3. The van der Waals surface area contributed by atoms with Crippen molar-refractivity contribution in [2.45, 2.75) is 6.92 Å². The molecule has 6 heteroatoms. The summed E-state index contributed by atoms with van der Waals surface area (Å²) >= 11 is 6.02. The third-order valence-electron chi connectivity index (χ3n) is 5.40. The molecular formula is C26H19ClN4O. The molecule has 0 fully saturated rings. The van der Waals surface area contributed by atoms with E-state index in [0.717, 1.165) is 38.6 Å². The van der Waals surface area contributed by atoms with Crippen molar-refractivity contribution in [3.63, 3.8) is 0 Å². The number of benzene rings is 3. The molecule has 3 aromatic carbocycles. The first-order valence-electron chi connectivity index (χ1n) is 10.2. The summed E-state index contributed by atoms with van der Waals surface area (Å²) in [5.74, 6) is -0.299. The van der Waals surface area contributed by atoms with E-state index in [9.17, 15) is 4.79 Å². The lowest BCUT2D eigenvalue weighted by Gasteiger charge is -2.09. The number of hydrogen-bond donors (Lipinski definition) is 2. The van der Waals surface area contributed by atoms with Crippen LogP contribution >= 0.6 is 11.6 Å². The highest BCUT2D eigenvalue weighted by atomic mass is 35.5. The number of carbonyl (C=O) groups excluding carboxylic acids is 1. The molecule has 2 heterocycles. The number of para-hydroxylation sites is 2. The third kappa shape index (κ3) is 3.74. The summed E-state index contributed by atoms with van der Waals surface area (Å²) in [6, 6.07) is 24.7. The minimum absolute atomic E-state index is 0.299. The van der Waals surface area contributed by atoms with Crippen molar-refractivity contribution in [2.75, 3.05) is 0 Å². The van der Waals surface area contributed by atoms with Crippen LogP contribution in [0.15, 0.2) is 84.0 Å². The number of aryl methyl sites for hydroxylation is 1. The minimum atomic E-state index is -0.299. The molecule has 5 aromatic rings. The first kappa shape index (κ1) is 20.0. The Morgan fingerprint density at radius 3 is 2.53 bits per heavy atom. The number of nitrogens with zero attached hydrogens (tertiary/aromatic N) is 2. The molecule has 0 aliphatic heterocycles. The van der Waals surface area contributed by atoms with E-state index < -0.39 is 0 Å². The van der Waals surface area contributed by atoms with Gasteiger partial charge in [0.15, 0.2) is 0 Å². The van der Waals surface area contributed by atoms with Crippen molar-refractivity contribution in [3.8, 4) is 11.3 Å². The summed E-state index contributed by atoms with van der Waals surface area (Å²) in [6.07, 6.45) is 1.68. The molecule has 0 saturated heterocycles. The van der Waals surface area contributed by atoms with Crippen molar-refractivity contribution in [2.24, 2.45) is 5.10 Å². The van der Waals surface area contributed by atoms with Crippen LogP contribution in [0.1, 0.15) is 21.6 Å². The first-order valence-corrected chi connectivity index (χ1v) is 10.5. The van der Waals surface area contributed by atoms with Crippen LogP contribution in [0.3, 0.4) is 0 Å². The molecule has 0 radical (unpaired) electrons. The Kier molecular flexibility index (Phi) is 5.17. The van der Waals surface area contributed by atoms with E-state index in [2.05, 4.69) is 15.5 Å². The fourth-order valence-corrected chi connectivity index (χ4v) is 3.94. The highest BCUT2D eigenvalue weighted by Gasteiger charge is 2.14. The summed E-state index contributed by atoms with van der Waals surface area (Å²) in [7, 11) is 0. The SMILES string of the molecule is Cc1[nH]c2ccccc2c1C=NNC(=O)c1cc(-c2ccc(Cl)cc2)nc2ccccc12. The monoisotopic (exact) mass is 438 g/mol. The molecule has 156 valence electrons. The summed E-state index contributed by atoms with van der Waals surface area (Å²) in [4.78, 5) is 21.1. The Morgan fingerprint density at radius 1 is 1.00 bits per heavy atom. The molecule has 2 N–H and O–H groups in total. The second-order valence-electron chi connectivity index (χ2n) is 7.49. The zero-order valence-corrected chi connectivity index (χ0v) is 18.0. The van der Waals surface area contributed by atoms with Gasteiger partial charge in [-0.25, -0.2) is 10.4 Å². The molecule has 1 amide bonds. The molecule has 0 bridgehead atoms. The molecule has 0 atom stereocenters. The van der Waals surface area contributed by atoms with Gasteiger partial charge in [-0.1, -0.05) is 60.1 Å². The highest BCUT2D eigenvalue weighted by Crippen LogP contribution is 2.26. The predicted octanol–water partition coefficient (Wildman–Crippen LogP) is 6.11. The van der Waals surface area contributed by atoms with Gasteiger partial charge in [0.2, 0.25) is 0 Å². The maximum absolute atomic E-state index is 13.1. The number of aromatic nitrogens is 2. The van der Waals surface area contributed by atoms with Gasteiger partial charge in [0.05, 0.1) is 23.0 Å². The van der Waals surface area contributed by atoms with Crippen molar-refractivity contribution in [3.05, 3.63) is 101 Å². The van der Waals surface area contributed by atoms with Crippen molar-refractivity contribution in [1.82, 2.24) is 15.4 Å². The maximum Gasteiger partial charge on any atom is 0.272 e. The second kappa shape index (κ2) is 8.29. The van der Waals surface area contributed by atoms with E-state index in [4.69, 9.17) is 16.6 Å². The lowest BCUT2D eigenvalue weighted by Crippen LogP contribution is -2.18. The number of rotatable bonds is 4. The Hall–Kier alpha value is -3.96. The Balaban J connectivity index is 1.49. The fraction of sp³-hybridized carbons (Fsp3) is 0.0385. The Bertz CT molecular complexity index is 1490. The second-order valence-corrected chi connectivity index (χ2v) is 7.92. The van der Waals surface area contributed by atoms with Crippen LogP contribution in [0.25, 0.3) is 33.1 Å². The molecule has 0 unspecified atom stereocenters. The summed E-state index contributed by atoms with van der Waals surface area (Å²) in [6.45, 7) is 1.98. The minimum Gasteiger partial charge on any atom is -0.358 e. The lowest BCUT2D eigenvalue weighted by atomic mass is 10.0. The zero-order valence-electron chi connectivity index (χ0n) is 17.3. The number of aromatic amines is 1. The quantitative estimate of drug-likeness (QED) is 0.262. The summed E-state index contributed by atoms with van der Waals surface area (Å²) < 4.78 is 0. The van der Waals surface area contributed by atoms with Gasteiger partial charge >= 0.3 is 0 Å². The van der Waals surface area contributed by atoms with Crippen LogP contribution < -0.4 is 5.43 Å². The molecule has 32 heavy (non-hydrogen) atoms. The normalized spacial score (nSPS) is 11.4. The average molecular weight is 439 g/mol. The standard InChI is InChI=1S/C26H19ClN4O/c1-16-22(20-7-3-4-8-23(20)29-16)15-28-31-26(32)21-14-25(17-10-12-18(27)13-11-17)30-24-9-5-2-6-19(21)24/h2-15,29H,1H3,(H,31,32). The number of amides is 1. The van der Waals surface area contributed by atoms with Crippen molar-refractivity contribution in [1.29, 1.82) is 0 Å². The number of pyridine rings is 1. The molecule has 5 nitrogen and oxygen atoms in total. The van der Waals surface area contributed by atoms with Gasteiger partial charge in [-0.2, -0.15) is 5.10 Å². The number of hydrazone groups is 1. The topological polar surface area (TPSA) is 70.1 Å². The van der Waals surface area contributed by atoms with Crippen molar-refractivity contribution < 1.29 is 4.79 Å². The molecule has 0 spiro atoms. The van der Waals surface area contributed by atoms with E-state index in [1.54, 1.807) is 24.4 Å². The smallest absolute Gasteiger partial charge is 0.272 e. The summed E-state index contributed by atoms with van der Waals surface area (Å²) in [5.41, 5.74) is 8.47.